The zero-order valence-corrected chi connectivity index (χ0v) is 28.3. The zero-order valence-electron chi connectivity index (χ0n) is 28.3. The van der Waals surface area contributed by atoms with Crippen LogP contribution in [0.1, 0.15) is 74.8 Å². The Morgan fingerprint density at radius 3 is 1.33 bits per heavy atom. The SMILES string of the molecule is Cc1cc(C(N)=O)cc(C)c1C[C@@H](CN)N(C)C.Cc1cc(C(N)=O)cc(C)c1C[C@@H](CN1C(=O)c2ccccc2C1=O)N(C)C. The fourth-order valence-electron chi connectivity index (χ4n) is 5.89. The van der Waals surface area contributed by atoms with Gasteiger partial charge in [0.05, 0.1) is 11.1 Å². The van der Waals surface area contributed by atoms with Crippen LogP contribution in [0.3, 0.4) is 0 Å². The molecule has 0 bridgehead atoms. The standard InChI is InChI=1S/C22H25N3O3.C14H23N3O/c1-13-9-15(20(23)26)10-14(2)19(13)11-16(24(3)4)12-25-21(27)17-7-5-6-8-18(17)22(25)28;1-9-5-11(14(16)18)6-10(2)13(9)7-12(8-15)17(3)4/h5-10,16H,11-12H2,1-4H3,(H2,23,26);5-6,12H,7-8,15H2,1-4H3,(H2,16,18)/t16-;12-/m00/s1. The predicted octanol–water partition coefficient (Wildman–Crippen LogP) is 3.00. The Balaban J connectivity index is 0.000000277. The second kappa shape index (κ2) is 15.3. The van der Waals surface area contributed by atoms with Crippen molar-refractivity contribution in [3.05, 3.63) is 104 Å². The van der Waals surface area contributed by atoms with Gasteiger partial charge in [0.25, 0.3) is 11.8 Å². The van der Waals surface area contributed by atoms with E-state index in [9.17, 15) is 19.2 Å². The largest absolute Gasteiger partial charge is 0.366 e. The molecule has 0 aromatic heterocycles. The molecule has 1 aliphatic rings. The Kier molecular flexibility index (Phi) is 12.0. The van der Waals surface area contributed by atoms with Crippen LogP contribution in [0.2, 0.25) is 0 Å². The van der Waals surface area contributed by atoms with Crippen molar-refractivity contribution in [2.75, 3.05) is 41.3 Å². The third kappa shape index (κ3) is 8.25. The van der Waals surface area contributed by atoms with Crippen molar-refractivity contribution in [2.24, 2.45) is 17.2 Å². The monoisotopic (exact) mass is 628 g/mol. The first kappa shape index (κ1) is 36.1. The van der Waals surface area contributed by atoms with Gasteiger partial charge in [-0.15, -0.1) is 0 Å². The molecule has 0 aliphatic carbocycles. The van der Waals surface area contributed by atoms with E-state index in [1.807, 2.05) is 72.9 Å². The third-order valence-electron chi connectivity index (χ3n) is 8.84. The second-order valence-corrected chi connectivity index (χ2v) is 12.6. The van der Waals surface area contributed by atoms with Gasteiger partial charge in [-0.1, -0.05) is 12.1 Å². The molecule has 3 aromatic carbocycles. The van der Waals surface area contributed by atoms with Crippen LogP contribution in [0.4, 0.5) is 0 Å². The van der Waals surface area contributed by atoms with Gasteiger partial charge in [-0.05, 0) is 139 Å². The Bertz CT molecular complexity index is 1550. The fraction of sp³-hybridized carbons (Fsp3) is 0.389. The molecule has 4 amide bonds. The summed E-state index contributed by atoms with van der Waals surface area (Å²) in [4.78, 5) is 53.6. The van der Waals surface area contributed by atoms with Gasteiger partial charge >= 0.3 is 0 Å². The van der Waals surface area contributed by atoms with Gasteiger partial charge in [0, 0.05) is 36.3 Å². The number of fused-ring (bicyclic) bond motifs is 1. The molecule has 3 aromatic rings. The van der Waals surface area contributed by atoms with Gasteiger partial charge in [0.15, 0.2) is 0 Å². The van der Waals surface area contributed by atoms with E-state index in [1.54, 1.807) is 36.4 Å². The number of primary amides is 2. The molecule has 6 N–H and O–H groups in total. The van der Waals surface area contributed by atoms with Crippen LogP contribution in [0.25, 0.3) is 0 Å². The van der Waals surface area contributed by atoms with Crippen molar-refractivity contribution in [2.45, 2.75) is 52.6 Å². The van der Waals surface area contributed by atoms with Crippen LogP contribution < -0.4 is 17.2 Å². The highest BCUT2D eigenvalue weighted by Gasteiger charge is 2.37. The number of likely N-dealkylation sites (N-methyl/N-ethyl adjacent to an activating group) is 2. The van der Waals surface area contributed by atoms with Crippen molar-refractivity contribution in [3.8, 4) is 0 Å². The number of benzene rings is 3. The number of imide groups is 1. The summed E-state index contributed by atoms with van der Waals surface area (Å²) >= 11 is 0. The molecule has 4 rings (SSSR count). The zero-order chi connectivity index (χ0) is 34.5. The van der Waals surface area contributed by atoms with Gasteiger partial charge in [-0.2, -0.15) is 0 Å². The van der Waals surface area contributed by atoms with E-state index < -0.39 is 5.91 Å². The number of nitrogens with zero attached hydrogens (tertiary/aromatic N) is 3. The molecule has 1 aliphatic heterocycles. The third-order valence-corrected chi connectivity index (χ3v) is 8.84. The molecule has 0 fully saturated rings. The lowest BCUT2D eigenvalue weighted by molar-refractivity contribution is 0.0611. The molecule has 246 valence electrons. The van der Waals surface area contributed by atoms with Crippen LogP contribution in [0.5, 0.6) is 0 Å². The summed E-state index contributed by atoms with van der Waals surface area (Å²) in [6.45, 7) is 8.84. The van der Waals surface area contributed by atoms with Crippen LogP contribution in [-0.2, 0) is 12.8 Å². The van der Waals surface area contributed by atoms with E-state index >= 15 is 0 Å². The average Bonchev–Trinajstić information content (AvgIpc) is 3.22. The maximum Gasteiger partial charge on any atom is 0.261 e. The Labute approximate surface area is 272 Å². The van der Waals surface area contributed by atoms with Crippen molar-refractivity contribution < 1.29 is 19.2 Å². The van der Waals surface area contributed by atoms with Crippen LogP contribution >= 0.6 is 0 Å². The minimum atomic E-state index is -0.451. The molecular formula is C36H48N6O4. The van der Waals surface area contributed by atoms with E-state index in [1.165, 1.54) is 10.5 Å². The molecule has 10 nitrogen and oxygen atoms in total. The Morgan fingerprint density at radius 2 is 1.02 bits per heavy atom. The summed E-state index contributed by atoms with van der Waals surface area (Å²) in [5, 5.41) is 0. The number of carbonyl (C=O) groups is 4. The molecule has 0 unspecified atom stereocenters. The maximum absolute atomic E-state index is 12.7. The van der Waals surface area contributed by atoms with Crippen LogP contribution in [-0.4, -0.2) is 91.7 Å². The van der Waals surface area contributed by atoms with Crippen molar-refractivity contribution in [1.82, 2.24) is 14.7 Å². The lowest BCUT2D eigenvalue weighted by Gasteiger charge is -2.29. The number of aryl methyl sites for hydroxylation is 4. The number of carbonyl (C=O) groups excluding carboxylic acids is 4. The first-order chi connectivity index (χ1) is 21.6. The van der Waals surface area contributed by atoms with E-state index in [0.717, 1.165) is 34.2 Å². The van der Waals surface area contributed by atoms with Gasteiger partial charge < -0.3 is 27.0 Å². The fourth-order valence-corrected chi connectivity index (χ4v) is 5.89. The minimum absolute atomic E-state index is 0.0564. The van der Waals surface area contributed by atoms with Gasteiger partial charge in [-0.3, -0.25) is 24.1 Å². The lowest BCUT2D eigenvalue weighted by atomic mass is 9.93. The molecule has 0 saturated carbocycles. The maximum atomic E-state index is 12.7. The molecule has 46 heavy (non-hydrogen) atoms. The van der Waals surface area contributed by atoms with Gasteiger partial charge in [0.1, 0.15) is 0 Å². The van der Waals surface area contributed by atoms with Crippen LogP contribution in [0.15, 0.2) is 48.5 Å². The topological polar surface area (TPSA) is 156 Å². The first-order valence-electron chi connectivity index (χ1n) is 15.3. The summed E-state index contributed by atoms with van der Waals surface area (Å²) in [6, 6.07) is 14.5. The summed E-state index contributed by atoms with van der Waals surface area (Å²) in [7, 11) is 7.93. The van der Waals surface area contributed by atoms with E-state index in [-0.39, 0.29) is 23.8 Å². The molecule has 2 atom stereocenters. The predicted molar refractivity (Wildman–Crippen MR) is 182 cm³/mol. The average molecular weight is 629 g/mol. The molecule has 0 saturated heterocycles. The highest BCUT2D eigenvalue weighted by atomic mass is 16.2. The Morgan fingerprint density at radius 1 is 0.674 bits per heavy atom. The minimum Gasteiger partial charge on any atom is -0.366 e. The molecule has 0 spiro atoms. The number of rotatable bonds is 11. The number of hydrogen-bond acceptors (Lipinski definition) is 7. The molecular weight excluding hydrogens is 580 g/mol. The van der Waals surface area contributed by atoms with Crippen LogP contribution in [0, 0.1) is 27.7 Å². The summed E-state index contributed by atoms with van der Waals surface area (Å²) in [5.74, 6) is -1.32. The highest BCUT2D eigenvalue weighted by molar-refractivity contribution is 6.21. The molecule has 0 radical (unpaired) electrons. The highest BCUT2D eigenvalue weighted by Crippen LogP contribution is 2.25. The number of amides is 4. The number of nitrogens with two attached hydrogens (primary N) is 3. The van der Waals surface area contributed by atoms with Gasteiger partial charge in [-0.25, -0.2) is 0 Å². The molecule has 10 heteroatoms. The van der Waals surface area contributed by atoms with Crippen molar-refractivity contribution in [3.63, 3.8) is 0 Å². The summed E-state index contributed by atoms with van der Waals surface area (Å²) < 4.78 is 0. The van der Waals surface area contributed by atoms with Gasteiger partial charge in [0.2, 0.25) is 11.8 Å². The quantitative estimate of drug-likeness (QED) is 0.276. The summed E-state index contributed by atoms with van der Waals surface area (Å²) in [5.41, 5.74) is 25.0. The Hall–Kier alpha value is -4.38. The van der Waals surface area contributed by atoms with E-state index in [2.05, 4.69) is 4.90 Å². The smallest absolute Gasteiger partial charge is 0.261 e. The first-order valence-corrected chi connectivity index (χ1v) is 15.3. The lowest BCUT2D eigenvalue weighted by Crippen LogP contribution is -2.44. The van der Waals surface area contributed by atoms with Crippen molar-refractivity contribution in [1.29, 1.82) is 0 Å². The van der Waals surface area contributed by atoms with Crippen molar-refractivity contribution >= 4 is 23.6 Å². The van der Waals surface area contributed by atoms with E-state index in [4.69, 9.17) is 17.2 Å². The normalized spacial score (nSPS) is 13.8. The van der Waals surface area contributed by atoms with E-state index in [0.29, 0.717) is 47.8 Å². The second-order valence-electron chi connectivity index (χ2n) is 12.6. The molecule has 1 heterocycles. The summed E-state index contributed by atoms with van der Waals surface area (Å²) in [6.07, 6.45) is 1.54. The number of hydrogen-bond donors (Lipinski definition) is 3.